The summed E-state index contributed by atoms with van der Waals surface area (Å²) in [7, 11) is -3.43. The topological polar surface area (TPSA) is 69.7 Å². The zero-order valence-electron chi connectivity index (χ0n) is 19.5. The van der Waals surface area contributed by atoms with Crippen LogP contribution in [0.3, 0.4) is 0 Å². The molecule has 0 radical (unpaired) electrons. The van der Waals surface area contributed by atoms with Crippen LogP contribution < -0.4 is 5.32 Å². The van der Waals surface area contributed by atoms with Crippen LogP contribution in [0.1, 0.15) is 43.6 Å². The molecule has 7 heteroatoms. The van der Waals surface area contributed by atoms with Crippen molar-refractivity contribution in [2.45, 2.75) is 45.2 Å². The van der Waals surface area contributed by atoms with Gasteiger partial charge in [0.05, 0.1) is 4.90 Å². The first kappa shape index (κ1) is 24.4. The Hall–Kier alpha value is -2.22. The molecule has 174 valence electrons. The van der Waals surface area contributed by atoms with Crippen molar-refractivity contribution in [2.75, 3.05) is 26.2 Å². The molecule has 0 spiro atoms. The van der Waals surface area contributed by atoms with E-state index in [4.69, 9.17) is 0 Å². The number of sulfonamides is 1. The lowest BCUT2D eigenvalue weighted by molar-refractivity contribution is 0.0910. The highest BCUT2D eigenvalue weighted by Gasteiger charge is 2.28. The van der Waals surface area contributed by atoms with Crippen molar-refractivity contribution < 1.29 is 13.2 Å². The third-order valence-electron chi connectivity index (χ3n) is 6.07. The fourth-order valence-corrected chi connectivity index (χ4v) is 5.67. The quantitative estimate of drug-likeness (QED) is 0.658. The van der Waals surface area contributed by atoms with Crippen molar-refractivity contribution in [3.63, 3.8) is 0 Å². The molecule has 32 heavy (non-hydrogen) atoms. The molecule has 1 heterocycles. The Balaban J connectivity index is 1.54. The second kappa shape index (κ2) is 10.6. The van der Waals surface area contributed by atoms with Crippen molar-refractivity contribution in [1.29, 1.82) is 0 Å². The summed E-state index contributed by atoms with van der Waals surface area (Å²) >= 11 is 0. The molecular formula is C25H35N3O3S. The number of amides is 1. The molecule has 1 fully saturated rings. The van der Waals surface area contributed by atoms with Gasteiger partial charge in [-0.25, -0.2) is 8.42 Å². The van der Waals surface area contributed by atoms with E-state index in [0.29, 0.717) is 48.5 Å². The average molecular weight is 458 g/mol. The summed E-state index contributed by atoms with van der Waals surface area (Å²) in [6.07, 6.45) is 0. The second-order valence-electron chi connectivity index (χ2n) is 9.18. The highest BCUT2D eigenvalue weighted by Crippen LogP contribution is 2.19. The maximum atomic E-state index is 12.8. The Labute approximate surface area is 192 Å². The summed E-state index contributed by atoms with van der Waals surface area (Å²) in [5, 5.41) is 3.15. The summed E-state index contributed by atoms with van der Waals surface area (Å²) in [6.45, 7) is 11.5. The molecule has 1 aliphatic heterocycles. The monoisotopic (exact) mass is 457 g/mol. The zero-order valence-corrected chi connectivity index (χ0v) is 20.3. The van der Waals surface area contributed by atoms with Crippen molar-refractivity contribution >= 4 is 15.9 Å². The van der Waals surface area contributed by atoms with Crippen molar-refractivity contribution in [1.82, 2.24) is 14.5 Å². The number of rotatable bonds is 8. The van der Waals surface area contributed by atoms with E-state index in [9.17, 15) is 13.2 Å². The summed E-state index contributed by atoms with van der Waals surface area (Å²) in [6, 6.07) is 16.5. The minimum absolute atomic E-state index is 0.0383. The lowest BCUT2D eigenvalue weighted by Gasteiger charge is -2.34. The molecule has 1 N–H and O–H groups in total. The van der Waals surface area contributed by atoms with Crippen LogP contribution in [0.5, 0.6) is 0 Å². The van der Waals surface area contributed by atoms with E-state index < -0.39 is 10.0 Å². The van der Waals surface area contributed by atoms with Crippen LogP contribution in [0.4, 0.5) is 0 Å². The normalized spacial score (nSPS) is 16.1. The summed E-state index contributed by atoms with van der Waals surface area (Å²) in [4.78, 5) is 15.2. The summed E-state index contributed by atoms with van der Waals surface area (Å²) in [5.74, 6) is 0.717. The number of benzene rings is 2. The lowest BCUT2D eigenvalue weighted by atomic mass is 9.93. The van der Waals surface area contributed by atoms with Gasteiger partial charge in [-0.15, -0.1) is 0 Å². The van der Waals surface area contributed by atoms with E-state index in [-0.39, 0.29) is 11.9 Å². The van der Waals surface area contributed by atoms with Gasteiger partial charge in [-0.3, -0.25) is 9.69 Å². The third-order valence-corrected chi connectivity index (χ3v) is 7.98. The van der Waals surface area contributed by atoms with Gasteiger partial charge in [-0.05, 0) is 41.7 Å². The Bertz CT molecular complexity index is 973. The van der Waals surface area contributed by atoms with E-state index in [2.05, 4.69) is 37.9 Å². The molecule has 0 aliphatic carbocycles. The number of carbonyl (C=O) groups is 1. The molecule has 6 nitrogen and oxygen atoms in total. The van der Waals surface area contributed by atoms with Crippen LogP contribution in [0.2, 0.25) is 0 Å². The van der Waals surface area contributed by atoms with Crippen LogP contribution in [0.25, 0.3) is 0 Å². The Morgan fingerprint density at radius 1 is 0.875 bits per heavy atom. The van der Waals surface area contributed by atoms with Gasteiger partial charge in [-0.1, -0.05) is 58.0 Å². The summed E-state index contributed by atoms with van der Waals surface area (Å²) in [5.41, 5.74) is 1.78. The fraction of sp³-hybridized carbons (Fsp3) is 0.480. The molecule has 1 saturated heterocycles. The molecule has 0 atom stereocenters. The van der Waals surface area contributed by atoms with Crippen LogP contribution in [-0.2, 0) is 16.6 Å². The predicted octanol–water partition coefficient (Wildman–Crippen LogP) is 3.60. The van der Waals surface area contributed by atoms with Gasteiger partial charge >= 0.3 is 0 Å². The van der Waals surface area contributed by atoms with Gasteiger partial charge in [0.1, 0.15) is 0 Å². The first-order valence-corrected chi connectivity index (χ1v) is 12.8. The van der Waals surface area contributed by atoms with Crippen LogP contribution in [-0.4, -0.2) is 55.8 Å². The van der Waals surface area contributed by atoms with Crippen LogP contribution in [0, 0.1) is 11.8 Å². The molecular weight excluding hydrogens is 422 g/mol. The van der Waals surface area contributed by atoms with Gasteiger partial charge in [0.2, 0.25) is 10.0 Å². The average Bonchev–Trinajstić information content (AvgIpc) is 2.78. The highest BCUT2D eigenvalue weighted by molar-refractivity contribution is 7.89. The SMILES string of the molecule is CC(C)C(NC(=O)c1ccc(CN2CCN(S(=O)(=O)c3ccccc3)CC2)cc1)C(C)C. The van der Waals surface area contributed by atoms with E-state index in [1.165, 1.54) is 0 Å². The third kappa shape index (κ3) is 5.97. The van der Waals surface area contributed by atoms with E-state index in [1.54, 1.807) is 28.6 Å². The van der Waals surface area contributed by atoms with Gasteiger partial charge in [0.25, 0.3) is 5.91 Å². The number of carbonyl (C=O) groups excluding carboxylic acids is 1. The molecule has 1 amide bonds. The largest absolute Gasteiger partial charge is 0.349 e. The minimum Gasteiger partial charge on any atom is -0.349 e. The molecule has 3 rings (SSSR count). The number of hydrogen-bond donors (Lipinski definition) is 1. The van der Waals surface area contributed by atoms with Crippen LogP contribution >= 0.6 is 0 Å². The van der Waals surface area contributed by atoms with Crippen molar-refractivity contribution in [2.24, 2.45) is 11.8 Å². The zero-order chi connectivity index (χ0) is 23.3. The van der Waals surface area contributed by atoms with Gasteiger partial charge in [0.15, 0.2) is 0 Å². The Morgan fingerprint density at radius 3 is 1.97 bits per heavy atom. The lowest BCUT2D eigenvalue weighted by Crippen LogP contribution is -2.48. The van der Waals surface area contributed by atoms with Gasteiger partial charge < -0.3 is 5.32 Å². The number of hydrogen-bond acceptors (Lipinski definition) is 4. The van der Waals surface area contributed by atoms with Crippen molar-refractivity contribution in [3.8, 4) is 0 Å². The van der Waals surface area contributed by atoms with E-state index in [1.807, 2.05) is 30.3 Å². The minimum atomic E-state index is -3.43. The van der Waals surface area contributed by atoms with Gasteiger partial charge in [0, 0.05) is 44.3 Å². The smallest absolute Gasteiger partial charge is 0.251 e. The molecule has 2 aromatic carbocycles. The Kier molecular flexibility index (Phi) is 8.09. The predicted molar refractivity (Wildman–Crippen MR) is 128 cm³/mol. The molecule has 0 saturated carbocycles. The maximum Gasteiger partial charge on any atom is 0.251 e. The fourth-order valence-electron chi connectivity index (χ4n) is 4.23. The van der Waals surface area contributed by atoms with Crippen LogP contribution in [0.15, 0.2) is 59.5 Å². The van der Waals surface area contributed by atoms with E-state index >= 15 is 0 Å². The summed E-state index contributed by atoms with van der Waals surface area (Å²) < 4.78 is 27.1. The molecule has 0 bridgehead atoms. The first-order valence-electron chi connectivity index (χ1n) is 11.4. The number of piperazine rings is 1. The highest BCUT2D eigenvalue weighted by atomic mass is 32.2. The Morgan fingerprint density at radius 2 is 1.44 bits per heavy atom. The van der Waals surface area contributed by atoms with E-state index in [0.717, 1.165) is 12.1 Å². The number of nitrogens with zero attached hydrogens (tertiary/aromatic N) is 2. The molecule has 0 aromatic heterocycles. The standard InChI is InChI=1S/C25H35N3O3S/c1-19(2)24(20(3)4)26-25(29)22-12-10-21(11-13-22)18-27-14-16-28(17-15-27)32(30,31)23-8-6-5-7-9-23/h5-13,19-20,24H,14-18H2,1-4H3,(H,26,29). The maximum absolute atomic E-state index is 12.8. The van der Waals surface area contributed by atoms with Gasteiger partial charge in [-0.2, -0.15) is 4.31 Å². The number of nitrogens with one attached hydrogen (secondary N) is 1. The first-order chi connectivity index (χ1) is 15.2. The molecule has 0 unspecified atom stereocenters. The molecule has 1 aliphatic rings. The van der Waals surface area contributed by atoms with Crippen molar-refractivity contribution in [3.05, 3.63) is 65.7 Å². The second-order valence-corrected chi connectivity index (χ2v) is 11.1. The molecule has 2 aromatic rings.